The molecule has 0 radical (unpaired) electrons. The van der Waals surface area contributed by atoms with Crippen molar-refractivity contribution in [2.75, 3.05) is 24.5 Å². The van der Waals surface area contributed by atoms with Gasteiger partial charge >= 0.3 is 0 Å². The zero-order valence-corrected chi connectivity index (χ0v) is 11.2. The van der Waals surface area contributed by atoms with Crippen LogP contribution in [-0.4, -0.2) is 25.7 Å². The van der Waals surface area contributed by atoms with E-state index in [1.807, 2.05) is 0 Å². The Morgan fingerprint density at radius 3 is 2.65 bits per heavy atom. The molecule has 1 aliphatic heterocycles. The molecular formula is C15H24N2. The quantitative estimate of drug-likeness (QED) is 0.858. The first-order valence-corrected chi connectivity index (χ1v) is 6.80. The third-order valence-electron chi connectivity index (χ3n) is 3.99. The average Bonchev–Trinajstić information content (AvgIpc) is 2.81. The first kappa shape index (κ1) is 12.4. The van der Waals surface area contributed by atoms with Crippen molar-refractivity contribution in [3.63, 3.8) is 0 Å². The van der Waals surface area contributed by atoms with Crippen LogP contribution in [0.15, 0.2) is 24.3 Å². The van der Waals surface area contributed by atoms with Crippen molar-refractivity contribution in [1.29, 1.82) is 0 Å². The second-order valence-electron chi connectivity index (χ2n) is 4.97. The minimum atomic E-state index is 0.658. The van der Waals surface area contributed by atoms with Crippen molar-refractivity contribution in [3.8, 4) is 0 Å². The van der Waals surface area contributed by atoms with Gasteiger partial charge in [-0.05, 0) is 31.4 Å². The Morgan fingerprint density at radius 2 is 2.00 bits per heavy atom. The Morgan fingerprint density at radius 1 is 1.24 bits per heavy atom. The van der Waals surface area contributed by atoms with Gasteiger partial charge in [-0.1, -0.05) is 31.5 Å². The molecule has 2 nitrogen and oxygen atoms in total. The van der Waals surface area contributed by atoms with Crippen LogP contribution in [0.5, 0.6) is 0 Å². The highest BCUT2D eigenvalue weighted by Gasteiger charge is 2.30. The number of rotatable bonds is 4. The number of para-hydroxylation sites is 1. The molecule has 0 spiro atoms. The summed E-state index contributed by atoms with van der Waals surface area (Å²) >= 11 is 0. The van der Waals surface area contributed by atoms with Crippen molar-refractivity contribution in [1.82, 2.24) is 5.32 Å². The number of likely N-dealkylation sites (N-methyl/N-ethyl adjacent to an activating group) is 1. The molecule has 0 saturated carbocycles. The number of hydrogen-bond donors (Lipinski definition) is 1. The van der Waals surface area contributed by atoms with Crippen LogP contribution in [0, 0.1) is 12.8 Å². The van der Waals surface area contributed by atoms with Gasteiger partial charge in [0, 0.05) is 31.4 Å². The summed E-state index contributed by atoms with van der Waals surface area (Å²) in [5.74, 6) is 0.787. The molecule has 1 saturated heterocycles. The number of nitrogens with zero attached hydrogens (tertiary/aromatic N) is 1. The summed E-state index contributed by atoms with van der Waals surface area (Å²) in [7, 11) is 0. The van der Waals surface area contributed by atoms with Crippen molar-refractivity contribution in [2.24, 2.45) is 5.92 Å². The van der Waals surface area contributed by atoms with Crippen molar-refractivity contribution in [3.05, 3.63) is 29.8 Å². The van der Waals surface area contributed by atoms with E-state index in [-0.39, 0.29) is 0 Å². The fraction of sp³-hybridized carbons (Fsp3) is 0.600. The third kappa shape index (κ3) is 2.47. The average molecular weight is 232 g/mol. The molecule has 0 aliphatic carbocycles. The van der Waals surface area contributed by atoms with Gasteiger partial charge in [-0.3, -0.25) is 0 Å². The Kier molecular flexibility index (Phi) is 4.06. The predicted molar refractivity (Wildman–Crippen MR) is 74.6 cm³/mol. The number of nitrogens with one attached hydrogen (secondary N) is 1. The zero-order chi connectivity index (χ0) is 12.3. The molecule has 0 bridgehead atoms. The van der Waals surface area contributed by atoms with Gasteiger partial charge in [-0.15, -0.1) is 0 Å². The van der Waals surface area contributed by atoms with Crippen molar-refractivity contribution >= 4 is 5.69 Å². The summed E-state index contributed by atoms with van der Waals surface area (Å²) in [6.07, 6.45) is 1.26. The molecule has 2 unspecified atom stereocenters. The van der Waals surface area contributed by atoms with Crippen LogP contribution in [0.2, 0.25) is 0 Å². The number of benzene rings is 1. The molecule has 17 heavy (non-hydrogen) atoms. The molecule has 1 N–H and O–H groups in total. The Balaban J connectivity index is 2.24. The minimum Gasteiger partial charge on any atom is -0.367 e. The molecule has 1 aromatic carbocycles. The molecule has 1 aliphatic rings. The summed E-state index contributed by atoms with van der Waals surface area (Å²) in [6, 6.07) is 9.39. The first-order chi connectivity index (χ1) is 8.27. The maximum absolute atomic E-state index is 3.54. The standard InChI is InChI=1S/C15H24N2/c1-4-13-10-16-11-15(13)17(5-2)14-9-7-6-8-12(14)3/h6-9,13,15-16H,4-5,10-11H2,1-3H3. The summed E-state index contributed by atoms with van der Waals surface area (Å²) in [5.41, 5.74) is 2.79. The molecule has 0 aromatic heterocycles. The molecular weight excluding hydrogens is 208 g/mol. The normalized spacial score (nSPS) is 23.9. The van der Waals surface area contributed by atoms with Crippen molar-refractivity contribution < 1.29 is 0 Å². The molecule has 1 aromatic rings. The lowest BCUT2D eigenvalue weighted by atomic mass is 9.98. The van der Waals surface area contributed by atoms with E-state index in [0.717, 1.165) is 19.0 Å². The number of aryl methyl sites for hydroxylation is 1. The lowest BCUT2D eigenvalue weighted by Crippen LogP contribution is -2.41. The highest BCUT2D eigenvalue weighted by molar-refractivity contribution is 5.54. The van der Waals surface area contributed by atoms with Gasteiger partial charge in [-0.2, -0.15) is 0 Å². The third-order valence-corrected chi connectivity index (χ3v) is 3.99. The van der Waals surface area contributed by atoms with E-state index < -0.39 is 0 Å². The van der Waals surface area contributed by atoms with Crippen LogP contribution in [0.3, 0.4) is 0 Å². The van der Waals surface area contributed by atoms with Crippen LogP contribution >= 0.6 is 0 Å². The summed E-state index contributed by atoms with van der Waals surface area (Å²) in [6.45, 7) is 10.2. The van der Waals surface area contributed by atoms with Crippen LogP contribution in [-0.2, 0) is 0 Å². The highest BCUT2D eigenvalue weighted by Crippen LogP contribution is 2.27. The molecule has 1 fully saturated rings. The van der Waals surface area contributed by atoms with E-state index in [0.29, 0.717) is 6.04 Å². The summed E-state index contributed by atoms with van der Waals surface area (Å²) in [5, 5.41) is 3.54. The van der Waals surface area contributed by atoms with Gasteiger partial charge < -0.3 is 10.2 Å². The van der Waals surface area contributed by atoms with Crippen molar-refractivity contribution in [2.45, 2.75) is 33.2 Å². The van der Waals surface area contributed by atoms with Gasteiger partial charge in [0.2, 0.25) is 0 Å². The fourth-order valence-electron chi connectivity index (χ4n) is 2.97. The summed E-state index contributed by atoms with van der Waals surface area (Å²) < 4.78 is 0. The van der Waals surface area contributed by atoms with Gasteiger partial charge in [0.1, 0.15) is 0 Å². The van der Waals surface area contributed by atoms with Crippen LogP contribution < -0.4 is 10.2 Å². The Bertz CT molecular complexity index is 362. The largest absolute Gasteiger partial charge is 0.367 e. The first-order valence-electron chi connectivity index (χ1n) is 6.80. The fourth-order valence-corrected chi connectivity index (χ4v) is 2.97. The van der Waals surface area contributed by atoms with Crippen LogP contribution in [0.25, 0.3) is 0 Å². The molecule has 2 heteroatoms. The highest BCUT2D eigenvalue weighted by atomic mass is 15.2. The van der Waals surface area contributed by atoms with Gasteiger partial charge in [-0.25, -0.2) is 0 Å². The van der Waals surface area contributed by atoms with E-state index in [9.17, 15) is 0 Å². The monoisotopic (exact) mass is 232 g/mol. The van der Waals surface area contributed by atoms with E-state index in [1.54, 1.807) is 0 Å². The van der Waals surface area contributed by atoms with Gasteiger partial charge in [0.15, 0.2) is 0 Å². The lowest BCUT2D eigenvalue weighted by molar-refractivity contribution is 0.469. The second-order valence-corrected chi connectivity index (χ2v) is 4.97. The van der Waals surface area contributed by atoms with Crippen LogP contribution in [0.4, 0.5) is 5.69 Å². The SMILES string of the molecule is CCC1CNCC1N(CC)c1ccccc1C. The summed E-state index contributed by atoms with van der Waals surface area (Å²) in [4.78, 5) is 2.57. The molecule has 0 amide bonds. The molecule has 1 heterocycles. The Hall–Kier alpha value is -1.02. The predicted octanol–water partition coefficient (Wildman–Crippen LogP) is 2.82. The number of hydrogen-bond acceptors (Lipinski definition) is 2. The number of anilines is 1. The lowest BCUT2D eigenvalue weighted by Gasteiger charge is -2.34. The maximum Gasteiger partial charge on any atom is 0.0454 e. The van der Waals surface area contributed by atoms with Gasteiger partial charge in [0.05, 0.1) is 0 Å². The smallest absolute Gasteiger partial charge is 0.0454 e. The minimum absolute atomic E-state index is 0.658. The van der Waals surface area contributed by atoms with E-state index in [1.165, 1.54) is 24.2 Å². The van der Waals surface area contributed by atoms with E-state index in [2.05, 4.69) is 55.3 Å². The zero-order valence-electron chi connectivity index (χ0n) is 11.2. The molecule has 94 valence electrons. The molecule has 2 atom stereocenters. The van der Waals surface area contributed by atoms with Gasteiger partial charge in [0.25, 0.3) is 0 Å². The molecule has 2 rings (SSSR count). The van der Waals surface area contributed by atoms with E-state index in [4.69, 9.17) is 0 Å². The van der Waals surface area contributed by atoms with Crippen LogP contribution in [0.1, 0.15) is 25.8 Å². The maximum atomic E-state index is 3.54. The topological polar surface area (TPSA) is 15.3 Å². The second kappa shape index (κ2) is 5.54. The Labute approximate surface area is 105 Å². The van der Waals surface area contributed by atoms with E-state index >= 15 is 0 Å².